The Morgan fingerprint density at radius 1 is 1.08 bits per heavy atom. The molecule has 3 saturated heterocycles. The molecule has 53 heavy (non-hydrogen) atoms. The molecule has 4 aliphatic rings. The molecule has 4 heterocycles. The number of amidine groups is 1. The molecule has 0 aromatic heterocycles. The van der Waals surface area contributed by atoms with Gasteiger partial charge in [0.15, 0.2) is 12.5 Å². The van der Waals surface area contributed by atoms with E-state index >= 15 is 0 Å². The van der Waals surface area contributed by atoms with E-state index in [0.29, 0.717) is 70.6 Å². The van der Waals surface area contributed by atoms with Gasteiger partial charge in [-0.15, -0.1) is 16.2 Å². The molecule has 2 N–H and O–H groups in total. The van der Waals surface area contributed by atoms with Crippen LogP contribution in [0.1, 0.15) is 33.6 Å². The van der Waals surface area contributed by atoms with E-state index < -0.39 is 52.7 Å². The van der Waals surface area contributed by atoms with Crippen LogP contribution < -0.4 is 10.6 Å². The Kier molecular flexibility index (Phi) is 12.1. The number of fused-ring (bicyclic) bond motifs is 1. The highest BCUT2D eigenvalue weighted by Gasteiger charge is 2.50. The number of morpholine rings is 1. The maximum absolute atomic E-state index is 14.1. The number of rotatable bonds is 13. The number of alkyl halides is 3. The number of sulfone groups is 1. The normalized spacial score (nSPS) is 25.8. The number of epoxide rings is 1. The Morgan fingerprint density at radius 3 is 2.51 bits per heavy atom. The molecule has 0 saturated carbocycles. The van der Waals surface area contributed by atoms with Gasteiger partial charge in [-0.3, -0.25) is 14.8 Å². The zero-order chi connectivity index (χ0) is 38.0. The number of likely N-dealkylation sites (tertiary alicyclic amines) is 1. The standard InChI is InChI=1S/C34H45F3N6O7S3/c1-33(2,3)50-32-31(49-32)43-14-12-26-28(20-43)38-22-39-30(26)41-53(46,47)25-9-10-27(29(19-25)52(44,45)34(35,36)37)40-23(11-13-42-15-17-48-18-16-42)21-51-24-7-5-4-6-8-24/h4-10,19,22-23,26,28,31-32,40H,11-18,20-21H2,1-3H3,(H,38,39,41)/t23-,26?,28?,31?,32?/m1/s1. The van der Waals surface area contributed by atoms with E-state index in [1.807, 2.05) is 51.1 Å². The molecule has 0 amide bonds. The Hall–Kier alpha value is -2.78. The zero-order valence-electron chi connectivity index (χ0n) is 29.7. The quantitative estimate of drug-likeness (QED) is 0.221. The van der Waals surface area contributed by atoms with Crippen molar-refractivity contribution in [1.29, 1.82) is 0 Å². The molecule has 19 heteroatoms. The number of nitrogens with one attached hydrogen (secondary N) is 2. The molecule has 4 unspecified atom stereocenters. The first-order valence-electron chi connectivity index (χ1n) is 17.4. The van der Waals surface area contributed by atoms with E-state index in [2.05, 4.69) is 29.8 Å². The minimum absolute atomic E-state index is 0.0763. The number of halogens is 3. The molecule has 3 fully saturated rings. The van der Waals surface area contributed by atoms with E-state index in [9.17, 15) is 30.0 Å². The van der Waals surface area contributed by atoms with Crippen molar-refractivity contribution in [3.8, 4) is 0 Å². The van der Waals surface area contributed by atoms with Gasteiger partial charge >= 0.3 is 5.51 Å². The number of benzene rings is 2. The SMILES string of the molecule is CC(C)(C)OC1OC1N1CCC2/C(=N/S(=O)(=O)c3ccc(N[C@H](CCN4CCOCC4)CSc4ccccc4)c(S(=O)(=O)C(F)(F)F)c3)NC=NC2C1. The molecule has 0 aliphatic carbocycles. The van der Waals surface area contributed by atoms with Gasteiger partial charge in [-0.2, -0.15) is 21.6 Å². The molecule has 0 radical (unpaired) electrons. The second kappa shape index (κ2) is 16.1. The molecule has 4 aliphatic heterocycles. The number of sulfonamides is 1. The number of piperidine rings is 1. The lowest BCUT2D eigenvalue weighted by Gasteiger charge is -2.38. The van der Waals surface area contributed by atoms with Crippen molar-refractivity contribution >= 4 is 49.5 Å². The van der Waals surface area contributed by atoms with Crippen LogP contribution in [0.25, 0.3) is 0 Å². The largest absolute Gasteiger partial charge is 0.501 e. The highest BCUT2D eigenvalue weighted by Crippen LogP contribution is 2.38. The third kappa shape index (κ3) is 10.1. The fraction of sp³-hybridized carbons (Fsp3) is 0.588. The summed E-state index contributed by atoms with van der Waals surface area (Å²) in [5.74, 6) is 0.0468. The van der Waals surface area contributed by atoms with Crippen LogP contribution in [0.2, 0.25) is 0 Å². The van der Waals surface area contributed by atoms with Crippen LogP contribution in [0.4, 0.5) is 18.9 Å². The van der Waals surface area contributed by atoms with Gasteiger partial charge in [0.1, 0.15) is 10.7 Å². The Balaban J connectivity index is 1.23. The number of hydrogen-bond acceptors (Lipinski definition) is 12. The minimum Gasteiger partial charge on any atom is -0.380 e. The Labute approximate surface area is 312 Å². The van der Waals surface area contributed by atoms with Gasteiger partial charge in [-0.25, -0.2) is 8.42 Å². The number of nitrogens with zero attached hydrogens (tertiary/aromatic N) is 4. The number of thioether (sulfide) groups is 1. The summed E-state index contributed by atoms with van der Waals surface area (Å²) in [5.41, 5.74) is -6.43. The van der Waals surface area contributed by atoms with Crippen molar-refractivity contribution in [3.63, 3.8) is 0 Å². The summed E-state index contributed by atoms with van der Waals surface area (Å²) in [7, 11) is -10.7. The lowest BCUT2D eigenvalue weighted by molar-refractivity contribution is -0.0579. The van der Waals surface area contributed by atoms with Crippen molar-refractivity contribution in [2.75, 3.05) is 57.0 Å². The second-order valence-electron chi connectivity index (χ2n) is 14.3. The van der Waals surface area contributed by atoms with Gasteiger partial charge < -0.3 is 24.8 Å². The smallest absolute Gasteiger partial charge is 0.380 e. The predicted octanol–water partition coefficient (Wildman–Crippen LogP) is 4.18. The summed E-state index contributed by atoms with van der Waals surface area (Å²) >= 11 is 1.47. The van der Waals surface area contributed by atoms with Crippen molar-refractivity contribution in [1.82, 2.24) is 15.1 Å². The molecule has 292 valence electrons. The molecule has 6 rings (SSSR count). The molecule has 0 bridgehead atoms. The highest BCUT2D eigenvalue weighted by molar-refractivity contribution is 7.99. The summed E-state index contributed by atoms with van der Waals surface area (Å²) in [5, 5.41) is 5.82. The van der Waals surface area contributed by atoms with E-state index in [-0.39, 0.29) is 30.1 Å². The van der Waals surface area contributed by atoms with Crippen LogP contribution in [-0.4, -0.2) is 126 Å². The number of aliphatic imine (C=N–C) groups is 1. The van der Waals surface area contributed by atoms with Crippen LogP contribution in [0.5, 0.6) is 0 Å². The number of ether oxygens (including phenoxy) is 3. The molecule has 13 nitrogen and oxygen atoms in total. The maximum Gasteiger partial charge on any atom is 0.501 e. The molecule has 2 aromatic carbocycles. The Morgan fingerprint density at radius 2 is 1.81 bits per heavy atom. The molecular formula is C34H45F3N6O7S3. The topological polar surface area (TPSA) is 155 Å². The molecule has 5 atom stereocenters. The first-order chi connectivity index (χ1) is 25.0. The zero-order valence-corrected chi connectivity index (χ0v) is 32.1. The predicted molar refractivity (Wildman–Crippen MR) is 195 cm³/mol. The average Bonchev–Trinajstić information content (AvgIpc) is 3.87. The summed E-state index contributed by atoms with van der Waals surface area (Å²) in [6, 6.07) is 11.3. The average molecular weight is 803 g/mol. The monoisotopic (exact) mass is 802 g/mol. The fourth-order valence-electron chi connectivity index (χ4n) is 6.45. The van der Waals surface area contributed by atoms with Crippen molar-refractivity contribution in [2.45, 2.75) is 84.0 Å². The van der Waals surface area contributed by atoms with Crippen LogP contribution >= 0.6 is 11.8 Å². The molecule has 2 aromatic rings. The maximum atomic E-state index is 14.1. The number of hydrogen-bond donors (Lipinski definition) is 2. The van der Waals surface area contributed by atoms with E-state index in [4.69, 9.17) is 14.2 Å². The van der Waals surface area contributed by atoms with Gasteiger partial charge in [0.05, 0.1) is 41.8 Å². The third-order valence-corrected chi connectivity index (χ3v) is 13.2. The summed E-state index contributed by atoms with van der Waals surface area (Å²) in [6.07, 6.45) is 1.65. The Bertz CT molecular complexity index is 1870. The van der Waals surface area contributed by atoms with Crippen molar-refractivity contribution < 1.29 is 44.2 Å². The minimum atomic E-state index is -5.99. The summed E-state index contributed by atoms with van der Waals surface area (Å²) in [4.78, 5) is 7.78. The molecular weight excluding hydrogens is 758 g/mol. The van der Waals surface area contributed by atoms with Gasteiger partial charge in [-0.1, -0.05) is 18.2 Å². The summed E-state index contributed by atoms with van der Waals surface area (Å²) in [6.45, 7) is 9.90. The van der Waals surface area contributed by atoms with Gasteiger partial charge in [0, 0.05) is 55.3 Å². The fourth-order valence-corrected chi connectivity index (χ4v) is 9.52. The van der Waals surface area contributed by atoms with Crippen LogP contribution in [-0.2, 0) is 34.1 Å². The van der Waals surface area contributed by atoms with Crippen LogP contribution in [0, 0.1) is 5.92 Å². The van der Waals surface area contributed by atoms with Crippen LogP contribution in [0.3, 0.4) is 0 Å². The van der Waals surface area contributed by atoms with Gasteiger partial charge in [-0.05, 0) is 63.9 Å². The van der Waals surface area contributed by atoms with E-state index in [1.165, 1.54) is 18.1 Å². The lowest BCUT2D eigenvalue weighted by atomic mass is 9.90. The van der Waals surface area contributed by atoms with Gasteiger partial charge in [0.2, 0.25) is 0 Å². The van der Waals surface area contributed by atoms with E-state index in [1.54, 1.807) is 0 Å². The summed E-state index contributed by atoms with van der Waals surface area (Å²) < 4.78 is 117. The molecule has 0 spiro atoms. The van der Waals surface area contributed by atoms with Crippen molar-refractivity contribution in [2.24, 2.45) is 15.3 Å². The highest BCUT2D eigenvalue weighted by atomic mass is 32.2. The van der Waals surface area contributed by atoms with Crippen molar-refractivity contribution in [3.05, 3.63) is 48.5 Å². The lowest BCUT2D eigenvalue weighted by Crippen LogP contribution is -2.52. The van der Waals surface area contributed by atoms with E-state index in [0.717, 1.165) is 17.0 Å². The van der Waals surface area contributed by atoms with Crippen LogP contribution in [0.15, 0.2) is 72.6 Å². The first-order valence-corrected chi connectivity index (χ1v) is 21.3. The first kappa shape index (κ1) is 39.9. The third-order valence-electron chi connectivity index (χ3n) is 9.22. The second-order valence-corrected chi connectivity index (χ2v) is 18.9. The number of anilines is 1. The van der Waals surface area contributed by atoms with Gasteiger partial charge in [0.25, 0.3) is 19.9 Å².